The number of rotatable bonds is 6. The summed E-state index contributed by atoms with van der Waals surface area (Å²) in [5.41, 5.74) is -1.31. The average molecular weight is 231 g/mol. The lowest BCUT2D eigenvalue weighted by molar-refractivity contribution is -0.139. The van der Waals surface area contributed by atoms with Gasteiger partial charge in [0.05, 0.1) is 17.6 Å². The molecule has 4 nitrogen and oxygen atoms in total. The highest BCUT2D eigenvalue weighted by atomic mass is 16.5. The Morgan fingerprint density at radius 1 is 1.31 bits per heavy atom. The number of hydrogen-bond acceptors (Lipinski definition) is 3. The molecule has 0 aliphatic rings. The Kier molecular flexibility index (Phi) is 5.42. The minimum Gasteiger partial charge on any atom is -0.389 e. The number of likely N-dealkylation sites (N-methyl/N-ethyl adjacent to an activating group) is 1. The van der Waals surface area contributed by atoms with Crippen LogP contribution in [0.3, 0.4) is 0 Å². The van der Waals surface area contributed by atoms with Gasteiger partial charge < -0.3 is 14.7 Å². The maximum Gasteiger partial charge on any atom is 0.225 e. The first-order valence-corrected chi connectivity index (χ1v) is 5.66. The minimum atomic E-state index is -0.858. The summed E-state index contributed by atoms with van der Waals surface area (Å²) in [5, 5.41) is 9.70. The van der Waals surface area contributed by atoms with E-state index in [2.05, 4.69) is 0 Å². The molecule has 0 aromatic heterocycles. The van der Waals surface area contributed by atoms with Crippen molar-refractivity contribution in [1.29, 1.82) is 0 Å². The predicted octanol–water partition coefficient (Wildman–Crippen LogP) is 1.42. The van der Waals surface area contributed by atoms with Crippen LogP contribution < -0.4 is 0 Å². The van der Waals surface area contributed by atoms with Crippen molar-refractivity contribution in [2.75, 3.05) is 20.2 Å². The largest absolute Gasteiger partial charge is 0.389 e. The van der Waals surface area contributed by atoms with Gasteiger partial charge in [0.1, 0.15) is 0 Å². The lowest BCUT2D eigenvalue weighted by atomic mass is 10.0. The molecule has 0 radical (unpaired) electrons. The zero-order valence-corrected chi connectivity index (χ0v) is 11.3. The van der Waals surface area contributed by atoms with Crippen molar-refractivity contribution in [2.24, 2.45) is 0 Å². The van der Waals surface area contributed by atoms with Crippen molar-refractivity contribution in [3.05, 3.63) is 0 Å². The molecule has 0 atom stereocenters. The second kappa shape index (κ2) is 5.64. The number of ether oxygens (including phenoxy) is 1. The number of aliphatic hydroxyl groups is 1. The molecule has 1 N–H and O–H groups in total. The minimum absolute atomic E-state index is 0.0106. The fraction of sp³-hybridized carbons (Fsp3) is 0.917. The van der Waals surface area contributed by atoms with Crippen molar-refractivity contribution in [3.63, 3.8) is 0 Å². The highest BCUT2D eigenvalue weighted by molar-refractivity contribution is 5.77. The van der Waals surface area contributed by atoms with Crippen LogP contribution in [0, 0.1) is 0 Å². The molecule has 0 rings (SSSR count). The Balaban J connectivity index is 4.44. The van der Waals surface area contributed by atoms with Crippen molar-refractivity contribution in [1.82, 2.24) is 4.90 Å². The van der Waals surface area contributed by atoms with Crippen molar-refractivity contribution < 1.29 is 14.6 Å². The molecule has 1 amide bonds. The maximum absolute atomic E-state index is 12.0. The van der Waals surface area contributed by atoms with E-state index in [0.717, 1.165) is 0 Å². The standard InChI is InChI=1S/C12H25NO3/c1-7-13(9-11(2,3)15)10(14)8-12(4,5)16-6/h15H,7-9H2,1-6H3. The Bertz CT molecular complexity index is 231. The predicted molar refractivity (Wildman–Crippen MR) is 64.3 cm³/mol. The molecule has 16 heavy (non-hydrogen) atoms. The van der Waals surface area contributed by atoms with Gasteiger partial charge in [0, 0.05) is 20.2 Å². The van der Waals surface area contributed by atoms with Crippen LogP contribution in [0.1, 0.15) is 41.0 Å². The lowest BCUT2D eigenvalue weighted by Gasteiger charge is -2.31. The Hall–Kier alpha value is -0.610. The second-order valence-corrected chi connectivity index (χ2v) is 5.36. The molecule has 0 bridgehead atoms. The molecule has 0 unspecified atom stereocenters. The summed E-state index contributed by atoms with van der Waals surface area (Å²) in [6.07, 6.45) is 0.327. The summed E-state index contributed by atoms with van der Waals surface area (Å²) in [6, 6.07) is 0. The van der Waals surface area contributed by atoms with E-state index >= 15 is 0 Å². The molecule has 4 heteroatoms. The molecule has 0 heterocycles. The van der Waals surface area contributed by atoms with Crippen molar-refractivity contribution in [2.45, 2.75) is 52.2 Å². The molecule has 96 valence electrons. The lowest BCUT2D eigenvalue weighted by Crippen LogP contribution is -2.44. The third-order valence-electron chi connectivity index (χ3n) is 2.44. The van der Waals surface area contributed by atoms with E-state index < -0.39 is 11.2 Å². The van der Waals surface area contributed by atoms with Gasteiger partial charge in [-0.1, -0.05) is 0 Å². The van der Waals surface area contributed by atoms with Gasteiger partial charge in [-0.15, -0.1) is 0 Å². The molecule has 0 saturated carbocycles. The van der Waals surface area contributed by atoms with E-state index in [4.69, 9.17) is 4.74 Å². The van der Waals surface area contributed by atoms with E-state index in [1.807, 2.05) is 20.8 Å². The summed E-state index contributed by atoms with van der Waals surface area (Å²) >= 11 is 0. The summed E-state index contributed by atoms with van der Waals surface area (Å²) in [5.74, 6) is 0.0106. The topological polar surface area (TPSA) is 49.8 Å². The number of hydrogen-bond donors (Lipinski definition) is 1. The summed E-state index contributed by atoms with van der Waals surface area (Å²) in [6.45, 7) is 10.0. The van der Waals surface area contributed by atoms with Gasteiger partial charge in [-0.05, 0) is 34.6 Å². The maximum atomic E-state index is 12.0. The monoisotopic (exact) mass is 231 g/mol. The van der Waals surface area contributed by atoms with E-state index in [1.165, 1.54) is 0 Å². The molecule has 0 aliphatic carbocycles. The summed E-state index contributed by atoms with van der Waals surface area (Å²) < 4.78 is 5.22. The van der Waals surface area contributed by atoms with Crippen LogP contribution in [0.4, 0.5) is 0 Å². The number of amides is 1. The average Bonchev–Trinajstić information content (AvgIpc) is 2.12. The molecule has 0 aromatic rings. The zero-order valence-electron chi connectivity index (χ0n) is 11.3. The fourth-order valence-electron chi connectivity index (χ4n) is 1.39. The third-order valence-corrected chi connectivity index (χ3v) is 2.44. The fourth-order valence-corrected chi connectivity index (χ4v) is 1.39. The summed E-state index contributed by atoms with van der Waals surface area (Å²) in [7, 11) is 1.60. The SMILES string of the molecule is CCN(CC(C)(C)O)C(=O)CC(C)(C)OC. The van der Waals surface area contributed by atoms with E-state index in [-0.39, 0.29) is 5.91 Å². The summed E-state index contributed by atoms with van der Waals surface area (Å²) in [4.78, 5) is 13.6. The van der Waals surface area contributed by atoms with Crippen molar-refractivity contribution >= 4 is 5.91 Å². The molecular formula is C12H25NO3. The smallest absolute Gasteiger partial charge is 0.225 e. The van der Waals surface area contributed by atoms with Crippen molar-refractivity contribution in [3.8, 4) is 0 Å². The first-order chi connectivity index (χ1) is 7.11. The number of nitrogens with zero attached hydrogens (tertiary/aromatic N) is 1. The number of methoxy groups -OCH3 is 1. The molecule has 0 fully saturated rings. The molecule has 0 aliphatic heterocycles. The third kappa shape index (κ3) is 6.08. The molecular weight excluding hydrogens is 206 g/mol. The Morgan fingerprint density at radius 2 is 1.81 bits per heavy atom. The molecule has 0 spiro atoms. The highest BCUT2D eigenvalue weighted by Crippen LogP contribution is 2.16. The normalized spacial score (nSPS) is 12.7. The van der Waals surface area contributed by atoms with Crippen LogP contribution in [-0.4, -0.2) is 47.3 Å². The van der Waals surface area contributed by atoms with E-state index in [0.29, 0.717) is 19.5 Å². The highest BCUT2D eigenvalue weighted by Gasteiger charge is 2.27. The first kappa shape index (κ1) is 15.4. The zero-order chi connectivity index (χ0) is 13.0. The van der Waals surface area contributed by atoms with Gasteiger partial charge in [0.25, 0.3) is 0 Å². The quantitative estimate of drug-likeness (QED) is 0.752. The second-order valence-electron chi connectivity index (χ2n) is 5.36. The van der Waals surface area contributed by atoms with Crippen LogP contribution >= 0.6 is 0 Å². The molecule has 0 saturated heterocycles. The van der Waals surface area contributed by atoms with Crippen LogP contribution in [0.15, 0.2) is 0 Å². The van der Waals surface area contributed by atoms with E-state index in [9.17, 15) is 9.90 Å². The molecule has 0 aromatic carbocycles. The van der Waals surface area contributed by atoms with Crippen LogP contribution in [0.2, 0.25) is 0 Å². The van der Waals surface area contributed by atoms with Gasteiger partial charge >= 0.3 is 0 Å². The van der Waals surface area contributed by atoms with Gasteiger partial charge in [-0.3, -0.25) is 4.79 Å². The van der Waals surface area contributed by atoms with Crippen LogP contribution in [0.25, 0.3) is 0 Å². The van der Waals surface area contributed by atoms with Crippen LogP contribution in [0.5, 0.6) is 0 Å². The van der Waals surface area contributed by atoms with Gasteiger partial charge in [0.15, 0.2) is 0 Å². The Labute approximate surface area is 98.6 Å². The van der Waals surface area contributed by atoms with E-state index in [1.54, 1.807) is 25.9 Å². The van der Waals surface area contributed by atoms with Gasteiger partial charge in [-0.2, -0.15) is 0 Å². The first-order valence-electron chi connectivity index (χ1n) is 5.66. The van der Waals surface area contributed by atoms with Gasteiger partial charge in [0.2, 0.25) is 5.91 Å². The Morgan fingerprint density at radius 3 is 2.12 bits per heavy atom. The van der Waals surface area contributed by atoms with Crippen LogP contribution in [-0.2, 0) is 9.53 Å². The number of carbonyl (C=O) groups is 1. The van der Waals surface area contributed by atoms with Gasteiger partial charge in [-0.25, -0.2) is 0 Å². The number of carbonyl (C=O) groups excluding carboxylic acids is 1.